The molecule has 0 unspecified atom stereocenters. The molecule has 0 aliphatic carbocycles. The first-order valence-electron chi connectivity index (χ1n) is 8.33. The van der Waals surface area contributed by atoms with Crippen LogP contribution in [0, 0.1) is 12.7 Å². The molecule has 130 valence electrons. The molecular formula is C17H19FN6O. The summed E-state index contributed by atoms with van der Waals surface area (Å²) in [5, 5.41) is 12.4. The van der Waals surface area contributed by atoms with Crippen LogP contribution in [-0.4, -0.2) is 48.7 Å². The molecule has 0 radical (unpaired) electrons. The highest BCUT2D eigenvalue weighted by Gasteiger charge is 2.28. The molecule has 8 heteroatoms. The van der Waals surface area contributed by atoms with E-state index in [2.05, 4.69) is 15.4 Å². The summed E-state index contributed by atoms with van der Waals surface area (Å²) in [4.78, 5) is 14.7. The van der Waals surface area contributed by atoms with Crippen LogP contribution in [0.4, 0.5) is 4.39 Å². The fourth-order valence-corrected chi connectivity index (χ4v) is 3.40. The van der Waals surface area contributed by atoms with Gasteiger partial charge in [-0.15, -0.1) is 5.10 Å². The lowest BCUT2D eigenvalue weighted by molar-refractivity contribution is 0.0673. The minimum absolute atomic E-state index is 0.00855. The summed E-state index contributed by atoms with van der Waals surface area (Å²) in [5.41, 5.74) is 2.81. The van der Waals surface area contributed by atoms with Crippen molar-refractivity contribution in [1.29, 1.82) is 0 Å². The maximum absolute atomic E-state index is 13.3. The molecule has 1 atom stereocenters. The van der Waals surface area contributed by atoms with Crippen molar-refractivity contribution < 1.29 is 9.18 Å². The van der Waals surface area contributed by atoms with Crippen molar-refractivity contribution in [2.75, 3.05) is 13.1 Å². The molecule has 1 saturated heterocycles. The normalized spacial score (nSPS) is 18.0. The third-order valence-corrected chi connectivity index (χ3v) is 4.93. The molecule has 0 saturated carbocycles. The van der Waals surface area contributed by atoms with Crippen LogP contribution in [0.3, 0.4) is 0 Å². The molecule has 1 aliphatic rings. The molecule has 0 spiro atoms. The number of rotatable bonds is 2. The summed E-state index contributed by atoms with van der Waals surface area (Å²) in [7, 11) is 1.83. The van der Waals surface area contributed by atoms with Gasteiger partial charge in [-0.2, -0.15) is 5.10 Å². The molecule has 1 fully saturated rings. The maximum atomic E-state index is 13.3. The van der Waals surface area contributed by atoms with E-state index in [1.807, 2.05) is 23.6 Å². The van der Waals surface area contributed by atoms with E-state index in [4.69, 9.17) is 0 Å². The van der Waals surface area contributed by atoms with Crippen LogP contribution in [0.5, 0.6) is 0 Å². The van der Waals surface area contributed by atoms with Gasteiger partial charge in [-0.05, 0) is 31.9 Å². The van der Waals surface area contributed by atoms with Gasteiger partial charge >= 0.3 is 0 Å². The fraction of sp³-hybridized carbons (Fsp3) is 0.412. The molecule has 1 amide bonds. The number of likely N-dealkylation sites (tertiary alicyclic amines) is 1. The Morgan fingerprint density at radius 1 is 1.36 bits per heavy atom. The minimum atomic E-state index is -0.327. The number of carbonyl (C=O) groups excluding carboxylic acids is 1. The van der Waals surface area contributed by atoms with Crippen LogP contribution < -0.4 is 0 Å². The number of hydrogen-bond acceptors (Lipinski definition) is 4. The molecule has 1 aliphatic heterocycles. The van der Waals surface area contributed by atoms with Gasteiger partial charge in [0.05, 0.1) is 23.3 Å². The van der Waals surface area contributed by atoms with Crippen LogP contribution >= 0.6 is 0 Å². The summed E-state index contributed by atoms with van der Waals surface area (Å²) in [5.74, 6) is -0.335. The van der Waals surface area contributed by atoms with Crippen molar-refractivity contribution in [2.24, 2.45) is 7.05 Å². The van der Waals surface area contributed by atoms with Crippen molar-refractivity contribution >= 4 is 16.9 Å². The number of aryl methyl sites for hydroxylation is 1. The van der Waals surface area contributed by atoms with E-state index in [0.717, 1.165) is 24.1 Å². The first-order chi connectivity index (χ1) is 12.0. The van der Waals surface area contributed by atoms with Crippen molar-refractivity contribution in [3.8, 4) is 0 Å². The van der Waals surface area contributed by atoms with Gasteiger partial charge in [-0.3, -0.25) is 9.48 Å². The van der Waals surface area contributed by atoms with Gasteiger partial charge in [0.15, 0.2) is 0 Å². The number of fused-ring (bicyclic) bond motifs is 1. The van der Waals surface area contributed by atoms with E-state index < -0.39 is 0 Å². The van der Waals surface area contributed by atoms with Gasteiger partial charge < -0.3 is 4.90 Å². The van der Waals surface area contributed by atoms with Crippen LogP contribution in [0.15, 0.2) is 24.4 Å². The molecular weight excluding hydrogens is 323 g/mol. The van der Waals surface area contributed by atoms with E-state index in [1.54, 1.807) is 16.9 Å². The van der Waals surface area contributed by atoms with Gasteiger partial charge in [-0.1, -0.05) is 5.21 Å². The summed E-state index contributed by atoms with van der Waals surface area (Å²) in [6.07, 6.45) is 3.42. The fourth-order valence-electron chi connectivity index (χ4n) is 3.40. The molecule has 0 N–H and O–H groups in total. The van der Waals surface area contributed by atoms with Crippen molar-refractivity contribution in [3.63, 3.8) is 0 Å². The Morgan fingerprint density at radius 2 is 2.20 bits per heavy atom. The summed E-state index contributed by atoms with van der Waals surface area (Å²) < 4.78 is 16.9. The Labute approximate surface area is 144 Å². The molecule has 3 heterocycles. The Balaban J connectivity index is 1.60. The Kier molecular flexibility index (Phi) is 3.74. The number of carbonyl (C=O) groups is 1. The predicted molar refractivity (Wildman–Crippen MR) is 89.6 cm³/mol. The molecule has 7 nitrogen and oxygen atoms in total. The molecule has 4 rings (SSSR count). The highest BCUT2D eigenvalue weighted by atomic mass is 19.1. The lowest BCUT2D eigenvalue weighted by Crippen LogP contribution is -2.41. The monoisotopic (exact) mass is 342 g/mol. The van der Waals surface area contributed by atoms with Gasteiger partial charge in [0, 0.05) is 31.9 Å². The quantitative estimate of drug-likeness (QED) is 0.715. The van der Waals surface area contributed by atoms with Crippen molar-refractivity contribution in [1.82, 2.24) is 29.7 Å². The van der Waals surface area contributed by atoms with E-state index >= 15 is 0 Å². The molecule has 25 heavy (non-hydrogen) atoms. The Morgan fingerprint density at radius 3 is 2.96 bits per heavy atom. The van der Waals surface area contributed by atoms with Gasteiger partial charge in [0.2, 0.25) is 0 Å². The Hall–Kier alpha value is -2.77. The summed E-state index contributed by atoms with van der Waals surface area (Å²) >= 11 is 0. The number of hydrogen-bond donors (Lipinski definition) is 0. The van der Waals surface area contributed by atoms with Gasteiger partial charge in [0.25, 0.3) is 5.91 Å². The smallest absolute Gasteiger partial charge is 0.257 e. The summed E-state index contributed by atoms with van der Waals surface area (Å²) in [6, 6.07) is 4.51. The standard InChI is InChI=1S/C17H19FN6O/c1-11-14(9-19-22(11)2)17(25)23-7-3-4-13(10-23)24-16-6-5-12(18)8-15(16)20-21-24/h5-6,8-9,13H,3-4,7,10H2,1-2H3/t13-/m1/s1. The number of nitrogens with zero attached hydrogens (tertiary/aromatic N) is 6. The summed E-state index contributed by atoms with van der Waals surface area (Å²) in [6.45, 7) is 3.16. The van der Waals surface area contributed by atoms with Crippen LogP contribution in [0.25, 0.3) is 11.0 Å². The molecule has 3 aromatic rings. The molecule has 1 aromatic carbocycles. The SMILES string of the molecule is Cc1c(C(=O)N2CCC[C@@H](n3nnc4cc(F)ccc43)C2)cnn1C. The van der Waals surface area contributed by atoms with Gasteiger partial charge in [0.1, 0.15) is 11.3 Å². The van der Waals surface area contributed by atoms with Crippen LogP contribution in [0.1, 0.15) is 34.9 Å². The maximum Gasteiger partial charge on any atom is 0.257 e. The minimum Gasteiger partial charge on any atom is -0.336 e. The number of amides is 1. The zero-order chi connectivity index (χ0) is 17.6. The van der Waals surface area contributed by atoms with E-state index in [1.165, 1.54) is 12.1 Å². The zero-order valence-electron chi connectivity index (χ0n) is 14.2. The second-order valence-electron chi connectivity index (χ2n) is 6.48. The molecule has 0 bridgehead atoms. The molecule has 2 aromatic heterocycles. The highest BCUT2D eigenvalue weighted by molar-refractivity contribution is 5.95. The van der Waals surface area contributed by atoms with Crippen LogP contribution in [0.2, 0.25) is 0 Å². The second-order valence-corrected chi connectivity index (χ2v) is 6.48. The van der Waals surface area contributed by atoms with E-state index in [-0.39, 0.29) is 17.8 Å². The predicted octanol–water partition coefficient (Wildman–Crippen LogP) is 2.09. The topological polar surface area (TPSA) is 68.8 Å². The van der Waals surface area contributed by atoms with Crippen molar-refractivity contribution in [2.45, 2.75) is 25.8 Å². The lowest BCUT2D eigenvalue weighted by Gasteiger charge is -2.32. The number of halogens is 1. The number of piperidine rings is 1. The van der Waals surface area contributed by atoms with E-state index in [9.17, 15) is 9.18 Å². The van der Waals surface area contributed by atoms with E-state index in [0.29, 0.717) is 24.2 Å². The second kappa shape index (κ2) is 5.94. The first kappa shape index (κ1) is 15.7. The highest BCUT2D eigenvalue weighted by Crippen LogP contribution is 2.26. The first-order valence-corrected chi connectivity index (χ1v) is 8.33. The zero-order valence-corrected chi connectivity index (χ0v) is 14.2. The third-order valence-electron chi connectivity index (χ3n) is 4.93. The average Bonchev–Trinajstić information content (AvgIpc) is 3.18. The number of aromatic nitrogens is 5. The number of benzene rings is 1. The third kappa shape index (κ3) is 2.67. The van der Waals surface area contributed by atoms with Gasteiger partial charge in [-0.25, -0.2) is 9.07 Å². The van der Waals surface area contributed by atoms with Crippen LogP contribution in [-0.2, 0) is 7.05 Å². The van der Waals surface area contributed by atoms with Crippen molar-refractivity contribution in [3.05, 3.63) is 41.5 Å². The Bertz CT molecular complexity index is 946. The lowest BCUT2D eigenvalue weighted by atomic mass is 10.0. The average molecular weight is 342 g/mol. The largest absolute Gasteiger partial charge is 0.336 e.